The van der Waals surface area contributed by atoms with Crippen molar-refractivity contribution in [3.63, 3.8) is 0 Å². The number of benzene rings is 6. The highest BCUT2D eigenvalue weighted by Gasteiger charge is 2.29. The Kier molecular flexibility index (Phi) is 29.4. The first-order chi connectivity index (χ1) is 55.9. The van der Waals surface area contributed by atoms with Crippen molar-refractivity contribution in [2.75, 3.05) is 153 Å². The minimum absolute atomic E-state index is 0.0484. The van der Waals surface area contributed by atoms with E-state index in [2.05, 4.69) is 102 Å². The molecule has 9 N–H and O–H groups in total. The van der Waals surface area contributed by atoms with Gasteiger partial charge in [0, 0.05) is 166 Å². The Labute approximate surface area is 688 Å². The first kappa shape index (κ1) is 86.8. The van der Waals surface area contributed by atoms with E-state index in [0.717, 1.165) is 22.6 Å². The van der Waals surface area contributed by atoms with Gasteiger partial charge in [0.25, 0.3) is 10.2 Å². The lowest BCUT2D eigenvalue weighted by molar-refractivity contribution is -0.112. The van der Waals surface area contributed by atoms with Gasteiger partial charge >= 0.3 is 6.03 Å². The lowest BCUT2D eigenvalue weighted by Gasteiger charge is -2.37. The fraction of sp³-hybridized carbons (Fsp3) is 0.266. The maximum absolute atomic E-state index is 12.5. The van der Waals surface area contributed by atoms with Crippen molar-refractivity contribution in [3.8, 4) is 52.1 Å². The van der Waals surface area contributed by atoms with Crippen LogP contribution in [0, 0.1) is 6.92 Å². The minimum Gasteiger partial charge on any atom is -0.494 e. The third-order valence-electron chi connectivity index (χ3n) is 17.6. The van der Waals surface area contributed by atoms with E-state index in [0.29, 0.717) is 159 Å². The zero-order valence-corrected chi connectivity index (χ0v) is 68.6. The van der Waals surface area contributed by atoms with Gasteiger partial charge in [-0.1, -0.05) is 61.1 Å². The summed E-state index contributed by atoms with van der Waals surface area (Å²) in [6, 6.07) is 37.5. The average Bonchev–Trinajstić information content (AvgIpc) is 0.816. The van der Waals surface area contributed by atoms with E-state index in [1.807, 2.05) is 87.2 Å². The second kappa shape index (κ2) is 39.6. The molecule has 9 aromatic rings. The summed E-state index contributed by atoms with van der Waals surface area (Å²) in [5.74, 6) is 3.44. The van der Waals surface area contributed by atoms with Crippen molar-refractivity contribution < 1.29 is 64.4 Å². The number of aromatic nitrogens is 6. The Balaban J connectivity index is 0.000000185. The summed E-state index contributed by atoms with van der Waals surface area (Å²) in [7, 11) is -2.19. The summed E-state index contributed by atoms with van der Waals surface area (Å²) in [6.07, 6.45) is 9.26. The van der Waals surface area contributed by atoms with E-state index < -0.39 is 20.2 Å². The molecule has 5 amide bonds. The molecule has 38 heteroatoms. The molecular formula is C79H90Cl2N20O14S2. The van der Waals surface area contributed by atoms with Crippen molar-refractivity contribution in [1.82, 2.24) is 48.7 Å². The molecule has 3 aliphatic rings. The summed E-state index contributed by atoms with van der Waals surface area (Å²) >= 11 is 12.6. The summed E-state index contributed by atoms with van der Waals surface area (Å²) in [6.45, 7) is 24.3. The fourth-order valence-electron chi connectivity index (χ4n) is 11.7. The molecule has 3 aliphatic heterocycles. The van der Waals surface area contributed by atoms with E-state index in [9.17, 15) is 36.0 Å². The molecule has 0 atom stereocenters. The van der Waals surface area contributed by atoms with E-state index in [4.69, 9.17) is 56.8 Å². The van der Waals surface area contributed by atoms with Crippen LogP contribution >= 0.6 is 23.2 Å². The Morgan fingerprint density at radius 1 is 0.470 bits per heavy atom. The van der Waals surface area contributed by atoms with Gasteiger partial charge in [-0.3, -0.25) is 14.4 Å². The van der Waals surface area contributed by atoms with Crippen LogP contribution in [0.2, 0.25) is 10.0 Å². The zero-order valence-electron chi connectivity index (χ0n) is 65.4. The number of rotatable bonds is 26. The van der Waals surface area contributed by atoms with Crippen molar-refractivity contribution >= 4 is 136 Å². The number of hydrogen-bond donors (Lipinski definition) is 8. The van der Waals surface area contributed by atoms with E-state index in [-0.39, 0.29) is 63.0 Å². The number of nitrogens with one attached hydrogen (secondary N) is 7. The summed E-state index contributed by atoms with van der Waals surface area (Å²) in [5.41, 5.74) is 6.76. The van der Waals surface area contributed by atoms with Crippen LogP contribution in [0.4, 0.5) is 73.8 Å². The smallest absolute Gasteiger partial charge is 0.317 e. The van der Waals surface area contributed by atoms with Crippen LogP contribution in [0.3, 0.4) is 0 Å². The Morgan fingerprint density at radius 3 is 1.14 bits per heavy atom. The number of halogens is 2. The van der Waals surface area contributed by atoms with Gasteiger partial charge in [-0.15, -0.1) is 0 Å². The van der Waals surface area contributed by atoms with Gasteiger partial charge in [0.05, 0.1) is 57.0 Å². The van der Waals surface area contributed by atoms with Gasteiger partial charge in [-0.25, -0.2) is 33.3 Å². The number of urea groups is 1. The fourth-order valence-corrected chi connectivity index (χ4v) is 13.5. The molecule has 3 saturated heterocycles. The largest absolute Gasteiger partial charge is 0.494 e. The predicted molar refractivity (Wildman–Crippen MR) is 453 cm³/mol. The highest BCUT2D eigenvalue weighted by molar-refractivity contribution is 7.88. The molecular weight excluding hydrogens is 1590 g/mol. The average molecular weight is 1680 g/mol. The molecule has 0 spiro atoms. The minimum atomic E-state index is -3.69. The molecule has 12 rings (SSSR count). The quantitative estimate of drug-likeness (QED) is 0.0233. The molecule has 3 fully saturated rings. The van der Waals surface area contributed by atoms with Gasteiger partial charge < -0.3 is 85.2 Å². The van der Waals surface area contributed by atoms with Crippen LogP contribution in [0.15, 0.2) is 184 Å². The SMILES string of the molecule is C=CC(=O)Nc1cccc(Oc2nc(Nc3ccc(N4CCN(C(=O)NC(C)(C)C)CC4)cc3OC)ncc2Cl)c1.C=CC(=O)Nc1cccc(Oc2nc(Nc3ccc(N4CCN(S(C)(=O)=O)CC4)cc3OC)ncc2Cl)c1.C=CC(=O)Nc1cccc(Oc2nc(Nc3ccc(N4CCN(S(N)(=O)=O)CC4)cc3OC)ncc2C)c1. The van der Waals surface area contributed by atoms with Crippen LogP contribution in [0.5, 0.6) is 52.1 Å². The van der Waals surface area contributed by atoms with Crippen LogP contribution in [0.1, 0.15) is 26.3 Å². The second-order valence-corrected chi connectivity index (χ2v) is 31.5. The van der Waals surface area contributed by atoms with Crippen LogP contribution in [-0.2, 0) is 34.6 Å². The van der Waals surface area contributed by atoms with Gasteiger partial charge in [0.1, 0.15) is 44.5 Å². The van der Waals surface area contributed by atoms with Crippen LogP contribution < -0.4 is 85.5 Å². The summed E-state index contributed by atoms with van der Waals surface area (Å²) in [5, 5.41) is 26.2. The molecule has 0 aliphatic carbocycles. The molecule has 34 nitrogen and oxygen atoms in total. The molecule has 6 heterocycles. The van der Waals surface area contributed by atoms with Crippen molar-refractivity contribution in [2.24, 2.45) is 5.14 Å². The van der Waals surface area contributed by atoms with Crippen molar-refractivity contribution in [1.29, 1.82) is 0 Å². The van der Waals surface area contributed by atoms with E-state index >= 15 is 0 Å². The standard InChI is InChI=1S/C29H34ClN7O4.C25H27ClN6O5S.C25H29N7O5S/c1-6-25(38)32-19-8-7-9-21(16-19)41-26-22(30)18-31-27(34-26)33-23-11-10-20(17-24(23)40-5)36-12-14-37(15-13-36)28(39)35-29(2,3)4;1-4-23(33)28-17-6-5-7-19(14-17)37-24-20(26)16-27-25(30-24)29-21-9-8-18(15-22(21)36-2)31-10-12-32(13-11-31)38(3,34)35;1-4-23(33)28-18-6-5-7-20(14-18)37-24-17(2)16-27-25(30-24)29-21-9-8-19(15-22(21)36-3)31-10-12-32(13-11-31)38(26,34)35/h6-11,16-18H,1,12-15H2,2-5H3,(H,32,38)(H,35,39)(H,31,33,34);4-9,14-16H,1,10-13H2,2-3H3,(H,28,33)(H,27,29,30);4-9,14-16H,1,10-13H2,2-3H3,(H,28,33)(H2,26,34,35)(H,27,29,30). The number of methoxy groups -OCH3 is 3. The number of hydrogen-bond acceptors (Lipinski definition) is 26. The summed E-state index contributed by atoms with van der Waals surface area (Å²) in [4.78, 5) is 81.7. The molecule has 0 saturated carbocycles. The Hall–Kier alpha value is -12.6. The van der Waals surface area contributed by atoms with Gasteiger partial charge in [-0.2, -0.15) is 32.0 Å². The Morgan fingerprint density at radius 2 is 0.803 bits per heavy atom. The number of anilines is 12. The monoisotopic (exact) mass is 1680 g/mol. The molecule has 0 unspecified atom stereocenters. The van der Waals surface area contributed by atoms with Gasteiger partial charge in [0.15, 0.2) is 0 Å². The normalized spacial score (nSPS) is 13.8. The number of carbonyl (C=O) groups is 4. The second-order valence-electron chi connectivity index (χ2n) is 27.1. The topological polar surface area (TPSA) is 399 Å². The number of amides is 5. The summed E-state index contributed by atoms with van der Waals surface area (Å²) < 4.78 is 84.0. The van der Waals surface area contributed by atoms with E-state index in [1.54, 1.807) is 100 Å². The number of nitrogens with zero attached hydrogens (tertiary/aromatic N) is 12. The molecule has 0 radical (unpaired) electrons. The third-order valence-corrected chi connectivity index (χ3v) is 20.5. The van der Waals surface area contributed by atoms with E-state index in [1.165, 1.54) is 45.5 Å². The predicted octanol–water partition coefficient (Wildman–Crippen LogP) is 12.1. The molecule has 3 aromatic heterocycles. The first-order valence-corrected chi connectivity index (χ1v) is 40.4. The van der Waals surface area contributed by atoms with Crippen molar-refractivity contribution in [2.45, 2.75) is 33.2 Å². The Bertz CT molecular complexity index is 5120. The maximum atomic E-state index is 12.5. The highest BCUT2D eigenvalue weighted by atomic mass is 35.5. The number of piperazine rings is 3. The van der Waals surface area contributed by atoms with Crippen LogP contribution in [0.25, 0.3) is 0 Å². The number of ether oxygens (including phenoxy) is 6. The van der Waals surface area contributed by atoms with Crippen molar-refractivity contribution in [3.05, 3.63) is 200 Å². The van der Waals surface area contributed by atoms with Crippen LogP contribution in [-0.4, -0.2) is 196 Å². The lowest BCUT2D eigenvalue weighted by Crippen LogP contribution is -2.55. The molecule has 616 valence electrons. The van der Waals surface area contributed by atoms with Gasteiger partial charge in [-0.05, 0) is 119 Å². The zero-order chi connectivity index (χ0) is 84.1. The number of carbonyl (C=O) groups excluding carboxylic acids is 4. The maximum Gasteiger partial charge on any atom is 0.317 e. The number of nitrogens with two attached hydrogens (primary N) is 1. The highest BCUT2D eigenvalue weighted by Crippen LogP contribution is 2.39. The first-order valence-electron chi connectivity index (χ1n) is 36.3. The van der Waals surface area contributed by atoms with Gasteiger partial charge in [0.2, 0.25) is 63.2 Å². The third kappa shape index (κ3) is 25.0. The molecule has 6 aromatic carbocycles. The molecule has 0 bridgehead atoms. The number of sulfonamides is 1. The molecule has 117 heavy (non-hydrogen) atoms. The number of aryl methyl sites for hydroxylation is 1. The lowest BCUT2D eigenvalue weighted by atomic mass is 10.1.